The summed E-state index contributed by atoms with van der Waals surface area (Å²) in [6, 6.07) is 0. The summed E-state index contributed by atoms with van der Waals surface area (Å²) < 4.78 is 0. The van der Waals surface area contributed by atoms with Crippen LogP contribution in [-0.4, -0.2) is 39.9 Å². The average molecular weight is 473 g/mol. The van der Waals surface area contributed by atoms with Crippen molar-refractivity contribution < 1.29 is 20.1 Å². The lowest BCUT2D eigenvalue weighted by Gasteiger charge is -2.65. The topological polar surface area (TPSA) is 77.8 Å². The fourth-order valence-corrected chi connectivity index (χ4v) is 9.53. The molecule has 3 fully saturated rings. The van der Waals surface area contributed by atoms with Crippen molar-refractivity contribution in [3.8, 4) is 0 Å². The number of ketones is 1. The Morgan fingerprint density at radius 3 is 2.38 bits per heavy atom. The van der Waals surface area contributed by atoms with Crippen LogP contribution >= 0.6 is 0 Å². The summed E-state index contributed by atoms with van der Waals surface area (Å²) in [4.78, 5) is 14.0. The Bertz CT molecular complexity index is 886. The summed E-state index contributed by atoms with van der Waals surface area (Å²) in [7, 11) is 0. The van der Waals surface area contributed by atoms with Gasteiger partial charge in [0.05, 0.1) is 18.8 Å². The van der Waals surface area contributed by atoms with Crippen molar-refractivity contribution in [3.05, 3.63) is 23.3 Å². The molecule has 0 bridgehead atoms. The predicted octanol–water partition coefficient (Wildman–Crippen LogP) is 5.46. The van der Waals surface area contributed by atoms with E-state index < -0.39 is 17.6 Å². The Labute approximate surface area is 206 Å². The van der Waals surface area contributed by atoms with Crippen LogP contribution in [0.4, 0.5) is 0 Å². The maximum absolute atomic E-state index is 14.0. The summed E-state index contributed by atoms with van der Waals surface area (Å²) in [6.07, 6.45) is 9.45. The molecule has 0 radical (unpaired) electrons. The van der Waals surface area contributed by atoms with E-state index in [4.69, 9.17) is 0 Å². The van der Waals surface area contributed by atoms with Crippen molar-refractivity contribution in [1.82, 2.24) is 0 Å². The van der Waals surface area contributed by atoms with E-state index in [0.717, 1.165) is 49.7 Å². The van der Waals surface area contributed by atoms with E-state index in [1.807, 2.05) is 32.9 Å². The van der Waals surface area contributed by atoms with Crippen LogP contribution in [0.1, 0.15) is 93.4 Å². The first-order valence-electron chi connectivity index (χ1n) is 13.6. The minimum atomic E-state index is -0.720. The Kier molecular flexibility index (Phi) is 6.57. The first kappa shape index (κ1) is 26.1. The molecular weight excluding hydrogens is 424 g/mol. The molecule has 34 heavy (non-hydrogen) atoms. The van der Waals surface area contributed by atoms with E-state index in [0.29, 0.717) is 18.3 Å². The number of aliphatic hydroxyl groups excluding tert-OH is 3. The van der Waals surface area contributed by atoms with Crippen LogP contribution in [0.5, 0.6) is 0 Å². The zero-order chi connectivity index (χ0) is 25.3. The van der Waals surface area contributed by atoms with Crippen LogP contribution in [0.2, 0.25) is 0 Å². The normalized spacial score (nSPS) is 47.7. The number of allylic oxidation sites excluding steroid dienone is 2. The predicted molar refractivity (Wildman–Crippen MR) is 136 cm³/mol. The van der Waals surface area contributed by atoms with Gasteiger partial charge in [-0.05, 0) is 98.9 Å². The summed E-state index contributed by atoms with van der Waals surface area (Å²) in [5, 5.41) is 31.6. The lowest BCUT2D eigenvalue weighted by molar-refractivity contribution is -0.166. The quantitative estimate of drug-likeness (QED) is 0.465. The minimum Gasteiger partial charge on any atom is -0.395 e. The molecule has 4 aliphatic rings. The molecule has 4 nitrogen and oxygen atoms in total. The highest BCUT2D eigenvalue weighted by Crippen LogP contribution is 2.74. The van der Waals surface area contributed by atoms with Gasteiger partial charge in [-0.15, -0.1) is 0 Å². The lowest BCUT2D eigenvalue weighted by Crippen LogP contribution is -2.62. The molecule has 10 atom stereocenters. The van der Waals surface area contributed by atoms with Crippen molar-refractivity contribution in [1.29, 1.82) is 0 Å². The molecule has 4 heteroatoms. The van der Waals surface area contributed by atoms with Gasteiger partial charge >= 0.3 is 0 Å². The van der Waals surface area contributed by atoms with Crippen LogP contribution in [0.15, 0.2) is 23.3 Å². The standard InChI is InChI=1S/C30H48O4/c1-18(2)14-20(32)15-19(3)21-10-11-30(7)26-24(33)16-23-22(8-9-25(34)28(23,5)17-31)27(26,4)12-13-29(21,30)6/h14,16,19-22,25-26,31-32,34H,8-13,15,17H2,1-7H3/t19-,20+,21-,22-,25+,26-,27+,28-,29-,30+/m1/s1. The largest absolute Gasteiger partial charge is 0.395 e. The molecule has 0 amide bonds. The van der Waals surface area contributed by atoms with Gasteiger partial charge in [-0.2, -0.15) is 0 Å². The van der Waals surface area contributed by atoms with Crippen molar-refractivity contribution in [2.24, 2.45) is 45.3 Å². The highest BCUT2D eigenvalue weighted by Gasteiger charge is 2.69. The molecule has 3 N–H and O–H groups in total. The molecule has 0 unspecified atom stereocenters. The Hall–Kier alpha value is -0.970. The molecule has 0 aromatic carbocycles. The maximum atomic E-state index is 14.0. The zero-order valence-electron chi connectivity index (χ0n) is 22.5. The van der Waals surface area contributed by atoms with E-state index in [2.05, 4.69) is 27.7 Å². The molecule has 4 rings (SSSR count). The average Bonchev–Trinajstić information content (AvgIpc) is 3.01. The van der Waals surface area contributed by atoms with Crippen LogP contribution in [0.25, 0.3) is 0 Å². The zero-order valence-corrected chi connectivity index (χ0v) is 22.5. The molecule has 0 saturated heterocycles. The second-order valence-corrected chi connectivity index (χ2v) is 13.7. The van der Waals surface area contributed by atoms with Gasteiger partial charge in [-0.1, -0.05) is 51.8 Å². The molecule has 0 heterocycles. The molecule has 4 aliphatic carbocycles. The summed E-state index contributed by atoms with van der Waals surface area (Å²) >= 11 is 0. The molecule has 3 saturated carbocycles. The van der Waals surface area contributed by atoms with E-state index in [1.54, 1.807) is 0 Å². The van der Waals surface area contributed by atoms with Gasteiger partial charge in [0.2, 0.25) is 0 Å². The smallest absolute Gasteiger partial charge is 0.159 e. The third-order valence-corrected chi connectivity index (χ3v) is 11.6. The maximum Gasteiger partial charge on any atom is 0.159 e. The molecule has 0 aliphatic heterocycles. The summed E-state index contributed by atoms with van der Waals surface area (Å²) in [6.45, 7) is 15.3. The number of hydrogen-bond acceptors (Lipinski definition) is 4. The van der Waals surface area contributed by atoms with Gasteiger partial charge in [-0.25, -0.2) is 0 Å². The van der Waals surface area contributed by atoms with E-state index in [1.165, 1.54) is 0 Å². The number of carbonyl (C=O) groups excluding carboxylic acids is 1. The third-order valence-electron chi connectivity index (χ3n) is 11.6. The molecule has 0 aromatic heterocycles. The first-order chi connectivity index (χ1) is 15.7. The second-order valence-electron chi connectivity index (χ2n) is 13.7. The SMILES string of the molecule is CC(C)=C[C@H](O)C[C@@H](C)[C@H]1CC[C@@]2(C)[C@@H]3C(=O)C=C4[C@@H](CC[C@H](O)[C@]4(C)CO)[C@]3(C)CC[C@]12C. The van der Waals surface area contributed by atoms with Gasteiger partial charge in [0.25, 0.3) is 0 Å². The molecule has 192 valence electrons. The Morgan fingerprint density at radius 1 is 1.09 bits per heavy atom. The number of aliphatic hydroxyl groups is 3. The molecule has 0 aromatic rings. The van der Waals surface area contributed by atoms with Gasteiger partial charge < -0.3 is 15.3 Å². The van der Waals surface area contributed by atoms with Gasteiger partial charge in [0.15, 0.2) is 5.78 Å². The van der Waals surface area contributed by atoms with Crippen molar-refractivity contribution in [3.63, 3.8) is 0 Å². The Balaban J connectivity index is 1.69. The van der Waals surface area contributed by atoms with E-state index >= 15 is 0 Å². The van der Waals surface area contributed by atoms with Crippen LogP contribution in [0, 0.1) is 45.3 Å². The van der Waals surface area contributed by atoms with E-state index in [9.17, 15) is 20.1 Å². The van der Waals surface area contributed by atoms with Crippen LogP contribution < -0.4 is 0 Å². The number of fused-ring (bicyclic) bond motifs is 5. The number of carbonyl (C=O) groups is 1. The summed E-state index contributed by atoms with van der Waals surface area (Å²) in [5.41, 5.74) is 1.28. The number of rotatable bonds is 5. The molecular formula is C30H48O4. The van der Waals surface area contributed by atoms with Crippen molar-refractivity contribution in [2.75, 3.05) is 6.61 Å². The van der Waals surface area contributed by atoms with Gasteiger partial charge in [0, 0.05) is 11.3 Å². The first-order valence-corrected chi connectivity index (χ1v) is 13.6. The van der Waals surface area contributed by atoms with Gasteiger partial charge in [-0.3, -0.25) is 4.79 Å². The van der Waals surface area contributed by atoms with Crippen molar-refractivity contribution in [2.45, 2.75) is 106 Å². The highest BCUT2D eigenvalue weighted by molar-refractivity contribution is 5.95. The van der Waals surface area contributed by atoms with Crippen molar-refractivity contribution >= 4 is 5.78 Å². The lowest BCUT2D eigenvalue weighted by atomic mass is 9.38. The Morgan fingerprint density at radius 2 is 1.76 bits per heavy atom. The third kappa shape index (κ3) is 3.53. The van der Waals surface area contributed by atoms with Crippen LogP contribution in [0.3, 0.4) is 0 Å². The monoisotopic (exact) mass is 472 g/mol. The van der Waals surface area contributed by atoms with Gasteiger partial charge in [0.1, 0.15) is 0 Å². The summed E-state index contributed by atoms with van der Waals surface area (Å²) in [5.74, 6) is 1.33. The minimum absolute atomic E-state index is 0.0226. The highest BCUT2D eigenvalue weighted by atomic mass is 16.3. The number of hydrogen-bond donors (Lipinski definition) is 3. The van der Waals surface area contributed by atoms with E-state index in [-0.39, 0.29) is 40.5 Å². The second kappa shape index (κ2) is 8.56. The fraction of sp³-hybridized carbons (Fsp3) is 0.833. The van der Waals surface area contributed by atoms with Crippen LogP contribution in [-0.2, 0) is 4.79 Å². The fourth-order valence-electron chi connectivity index (χ4n) is 9.53. The molecule has 0 spiro atoms.